The number of benzene rings is 1. The number of hydrogen-bond acceptors (Lipinski definition) is 3. The fourth-order valence-corrected chi connectivity index (χ4v) is 2.04. The summed E-state index contributed by atoms with van der Waals surface area (Å²) in [7, 11) is 0. The predicted octanol–water partition coefficient (Wildman–Crippen LogP) is 2.79. The Morgan fingerprint density at radius 1 is 1.23 bits per heavy atom. The van der Waals surface area contributed by atoms with E-state index in [-0.39, 0.29) is 24.0 Å². The number of halogens is 1. The maximum absolute atomic E-state index is 5.39. The van der Waals surface area contributed by atoms with Crippen LogP contribution < -0.4 is 20.1 Å². The van der Waals surface area contributed by atoms with E-state index in [9.17, 15) is 0 Å². The van der Waals surface area contributed by atoms with Crippen LogP contribution in [0.2, 0.25) is 0 Å². The molecule has 2 N–H and O–H groups in total. The molecule has 1 aliphatic heterocycles. The second-order valence-electron chi connectivity index (χ2n) is 5.48. The molecule has 1 aromatic carbocycles. The van der Waals surface area contributed by atoms with E-state index >= 15 is 0 Å². The Balaban J connectivity index is 0.00000242. The lowest BCUT2D eigenvalue weighted by Gasteiger charge is -2.12. The number of aliphatic imine (C=N–C) groups is 1. The average Bonchev–Trinajstić information content (AvgIpc) is 2.92. The van der Waals surface area contributed by atoms with Gasteiger partial charge < -0.3 is 20.1 Å². The van der Waals surface area contributed by atoms with Gasteiger partial charge in [0.05, 0.1) is 0 Å². The van der Waals surface area contributed by atoms with Gasteiger partial charge in [-0.05, 0) is 37.0 Å². The van der Waals surface area contributed by atoms with E-state index in [2.05, 4.69) is 42.5 Å². The van der Waals surface area contributed by atoms with E-state index in [4.69, 9.17) is 9.47 Å². The van der Waals surface area contributed by atoms with Gasteiger partial charge in [-0.3, -0.25) is 4.99 Å². The molecule has 1 aliphatic rings. The highest BCUT2D eigenvalue weighted by Crippen LogP contribution is 2.32. The van der Waals surface area contributed by atoms with Crippen molar-refractivity contribution < 1.29 is 9.47 Å². The van der Waals surface area contributed by atoms with E-state index in [0.717, 1.165) is 43.5 Å². The van der Waals surface area contributed by atoms with Crippen LogP contribution in [0.15, 0.2) is 23.2 Å². The van der Waals surface area contributed by atoms with Crippen LogP contribution in [0.4, 0.5) is 0 Å². The van der Waals surface area contributed by atoms with Crippen LogP contribution >= 0.6 is 24.0 Å². The lowest BCUT2D eigenvalue weighted by molar-refractivity contribution is 0.174. The fraction of sp³-hybridized carbons (Fsp3) is 0.562. The SMILES string of the molecule is CCNC(=NCC(C)C)NCCc1ccc2c(c1)OCO2.I. The monoisotopic (exact) mass is 419 g/mol. The Labute approximate surface area is 149 Å². The molecule has 0 atom stereocenters. The molecule has 0 aliphatic carbocycles. The van der Waals surface area contributed by atoms with Crippen molar-refractivity contribution in [1.29, 1.82) is 0 Å². The number of fused-ring (bicyclic) bond motifs is 1. The lowest BCUT2D eigenvalue weighted by Crippen LogP contribution is -2.38. The molecular formula is C16H26IN3O2. The van der Waals surface area contributed by atoms with E-state index < -0.39 is 0 Å². The topological polar surface area (TPSA) is 54.9 Å². The summed E-state index contributed by atoms with van der Waals surface area (Å²) in [6.45, 7) is 9.27. The van der Waals surface area contributed by atoms with Crippen molar-refractivity contribution in [3.05, 3.63) is 23.8 Å². The standard InChI is InChI=1S/C16H25N3O2.HI/c1-4-17-16(19-10-12(2)3)18-8-7-13-5-6-14-15(9-13)21-11-20-14;/h5-6,9,12H,4,7-8,10-11H2,1-3H3,(H2,17,18,19);1H. The van der Waals surface area contributed by atoms with Gasteiger partial charge in [0.25, 0.3) is 0 Å². The third kappa shape index (κ3) is 5.90. The van der Waals surface area contributed by atoms with Gasteiger partial charge in [-0.25, -0.2) is 0 Å². The highest BCUT2D eigenvalue weighted by Gasteiger charge is 2.12. The highest BCUT2D eigenvalue weighted by molar-refractivity contribution is 14.0. The second-order valence-corrected chi connectivity index (χ2v) is 5.48. The van der Waals surface area contributed by atoms with E-state index in [1.165, 1.54) is 5.56 Å². The molecule has 124 valence electrons. The molecule has 0 aromatic heterocycles. The van der Waals surface area contributed by atoms with Crippen LogP contribution in [-0.4, -0.2) is 32.4 Å². The van der Waals surface area contributed by atoms with Gasteiger partial charge in [-0.1, -0.05) is 19.9 Å². The molecule has 0 unspecified atom stereocenters. The van der Waals surface area contributed by atoms with Crippen molar-refractivity contribution in [1.82, 2.24) is 10.6 Å². The molecule has 0 bridgehead atoms. The van der Waals surface area contributed by atoms with Crippen molar-refractivity contribution in [2.45, 2.75) is 27.2 Å². The minimum Gasteiger partial charge on any atom is -0.454 e. The number of hydrogen-bond donors (Lipinski definition) is 2. The summed E-state index contributed by atoms with van der Waals surface area (Å²) >= 11 is 0. The second kappa shape index (κ2) is 9.76. The van der Waals surface area contributed by atoms with Crippen molar-refractivity contribution >= 4 is 29.9 Å². The van der Waals surface area contributed by atoms with Gasteiger partial charge in [0, 0.05) is 19.6 Å². The number of nitrogens with one attached hydrogen (secondary N) is 2. The van der Waals surface area contributed by atoms with Gasteiger partial charge in [-0.2, -0.15) is 0 Å². The number of nitrogens with zero attached hydrogens (tertiary/aromatic N) is 1. The quantitative estimate of drug-likeness (QED) is 0.423. The first kappa shape index (κ1) is 18.9. The Kier molecular flexibility index (Phi) is 8.37. The van der Waals surface area contributed by atoms with E-state index in [1.54, 1.807) is 0 Å². The normalized spacial score (nSPS) is 13.0. The number of rotatable bonds is 6. The molecule has 2 rings (SSSR count). The van der Waals surface area contributed by atoms with Gasteiger partial charge >= 0.3 is 0 Å². The van der Waals surface area contributed by atoms with Crippen LogP contribution in [0.5, 0.6) is 11.5 Å². The zero-order valence-electron chi connectivity index (χ0n) is 13.5. The minimum atomic E-state index is 0. The summed E-state index contributed by atoms with van der Waals surface area (Å²) in [5, 5.41) is 6.62. The zero-order valence-corrected chi connectivity index (χ0v) is 15.8. The molecule has 0 amide bonds. The maximum Gasteiger partial charge on any atom is 0.231 e. The van der Waals surface area contributed by atoms with Crippen LogP contribution in [0.3, 0.4) is 0 Å². The summed E-state index contributed by atoms with van der Waals surface area (Å²) in [4.78, 5) is 4.55. The van der Waals surface area contributed by atoms with Crippen molar-refractivity contribution in [2.24, 2.45) is 10.9 Å². The van der Waals surface area contributed by atoms with Crippen LogP contribution in [0, 0.1) is 5.92 Å². The van der Waals surface area contributed by atoms with Crippen molar-refractivity contribution in [2.75, 3.05) is 26.4 Å². The van der Waals surface area contributed by atoms with Crippen LogP contribution in [0.25, 0.3) is 0 Å². The Morgan fingerprint density at radius 2 is 2.00 bits per heavy atom. The van der Waals surface area contributed by atoms with Gasteiger partial charge in [-0.15, -0.1) is 24.0 Å². The van der Waals surface area contributed by atoms with Crippen LogP contribution in [0.1, 0.15) is 26.3 Å². The third-order valence-electron chi connectivity index (χ3n) is 3.10. The maximum atomic E-state index is 5.39. The largest absolute Gasteiger partial charge is 0.454 e. The molecule has 0 spiro atoms. The van der Waals surface area contributed by atoms with Gasteiger partial charge in [0.15, 0.2) is 17.5 Å². The van der Waals surface area contributed by atoms with Crippen molar-refractivity contribution in [3.63, 3.8) is 0 Å². The van der Waals surface area contributed by atoms with E-state index in [1.807, 2.05) is 12.1 Å². The fourth-order valence-electron chi connectivity index (χ4n) is 2.04. The molecule has 22 heavy (non-hydrogen) atoms. The number of ether oxygens (including phenoxy) is 2. The molecule has 0 radical (unpaired) electrons. The smallest absolute Gasteiger partial charge is 0.231 e. The number of guanidine groups is 1. The molecule has 6 heteroatoms. The average molecular weight is 419 g/mol. The summed E-state index contributed by atoms with van der Waals surface area (Å²) in [6, 6.07) is 6.09. The summed E-state index contributed by atoms with van der Waals surface area (Å²) < 4.78 is 10.7. The summed E-state index contributed by atoms with van der Waals surface area (Å²) in [5.74, 6) is 3.12. The zero-order chi connectivity index (χ0) is 15.1. The molecular weight excluding hydrogens is 393 g/mol. The Hall–Kier alpha value is -1.18. The lowest BCUT2D eigenvalue weighted by atomic mass is 10.1. The summed E-state index contributed by atoms with van der Waals surface area (Å²) in [6.07, 6.45) is 0.919. The molecule has 0 fully saturated rings. The van der Waals surface area contributed by atoms with Gasteiger partial charge in [0.1, 0.15) is 0 Å². The molecule has 1 aromatic rings. The molecule has 5 nitrogen and oxygen atoms in total. The molecule has 1 heterocycles. The Morgan fingerprint density at radius 3 is 2.73 bits per heavy atom. The molecule has 0 saturated carbocycles. The van der Waals surface area contributed by atoms with E-state index in [0.29, 0.717) is 12.7 Å². The Bertz CT molecular complexity index is 492. The summed E-state index contributed by atoms with van der Waals surface area (Å²) in [5.41, 5.74) is 1.23. The van der Waals surface area contributed by atoms with Crippen molar-refractivity contribution in [3.8, 4) is 11.5 Å². The third-order valence-corrected chi connectivity index (χ3v) is 3.10. The first-order valence-corrected chi connectivity index (χ1v) is 7.59. The van der Waals surface area contributed by atoms with Crippen LogP contribution in [-0.2, 0) is 6.42 Å². The highest BCUT2D eigenvalue weighted by atomic mass is 127. The van der Waals surface area contributed by atoms with Gasteiger partial charge in [0.2, 0.25) is 6.79 Å². The molecule has 0 saturated heterocycles. The minimum absolute atomic E-state index is 0. The first-order chi connectivity index (χ1) is 10.2. The first-order valence-electron chi connectivity index (χ1n) is 7.59. The predicted molar refractivity (Wildman–Crippen MR) is 101 cm³/mol.